The largest absolute Gasteiger partial charge is 0.378 e. The summed E-state index contributed by atoms with van der Waals surface area (Å²) >= 11 is 0. The summed E-state index contributed by atoms with van der Waals surface area (Å²) < 4.78 is 35.7. The van der Waals surface area contributed by atoms with Gasteiger partial charge >= 0.3 is 0 Å². The van der Waals surface area contributed by atoms with Crippen molar-refractivity contribution in [3.63, 3.8) is 0 Å². The van der Waals surface area contributed by atoms with E-state index in [9.17, 15) is 8.78 Å². The Kier molecular flexibility index (Phi) is 10.4. The van der Waals surface area contributed by atoms with Gasteiger partial charge in [-0.15, -0.1) is 0 Å². The third-order valence-electron chi connectivity index (χ3n) is 7.33. The lowest BCUT2D eigenvalue weighted by molar-refractivity contribution is 0.00141. The van der Waals surface area contributed by atoms with Crippen LogP contribution in [0.4, 0.5) is 8.78 Å². The van der Waals surface area contributed by atoms with Crippen LogP contribution in [-0.2, 0) is 11.2 Å². The second kappa shape index (κ2) is 13.3. The number of halogens is 2. The summed E-state index contributed by atoms with van der Waals surface area (Å²) in [5.41, 5.74) is 1.94. The van der Waals surface area contributed by atoms with Crippen molar-refractivity contribution in [2.45, 2.75) is 103 Å². The molecule has 1 aromatic carbocycles. The van der Waals surface area contributed by atoms with Crippen LogP contribution in [0.1, 0.15) is 102 Å². The molecule has 1 aromatic rings. The van der Waals surface area contributed by atoms with Crippen molar-refractivity contribution in [2.24, 2.45) is 11.8 Å². The van der Waals surface area contributed by atoms with E-state index >= 15 is 0 Å². The number of hydrogen-bond acceptors (Lipinski definition) is 1. The molecule has 32 heavy (non-hydrogen) atoms. The van der Waals surface area contributed by atoms with Crippen LogP contribution < -0.4 is 0 Å². The van der Waals surface area contributed by atoms with Crippen LogP contribution >= 0.6 is 0 Å². The fourth-order valence-electron chi connectivity index (χ4n) is 5.23. The normalized spacial score (nSPS) is 24.1. The third kappa shape index (κ3) is 7.27. The lowest BCUT2D eigenvalue weighted by atomic mass is 9.85. The van der Waals surface area contributed by atoms with E-state index in [1.807, 2.05) is 0 Å². The van der Waals surface area contributed by atoms with E-state index in [4.69, 9.17) is 4.74 Å². The summed E-state index contributed by atoms with van der Waals surface area (Å²) in [4.78, 5) is 0. The molecule has 0 saturated heterocycles. The van der Waals surface area contributed by atoms with E-state index in [1.54, 1.807) is 12.1 Å². The van der Waals surface area contributed by atoms with Crippen molar-refractivity contribution in [3.8, 4) is 0 Å². The number of ether oxygens (including phenoxy) is 1. The molecular formula is C29H42F2O. The van der Waals surface area contributed by atoms with Crippen molar-refractivity contribution in [3.05, 3.63) is 53.1 Å². The summed E-state index contributed by atoms with van der Waals surface area (Å²) in [6.07, 6.45) is 20.6. The summed E-state index contributed by atoms with van der Waals surface area (Å²) in [7, 11) is 0. The van der Waals surface area contributed by atoms with Gasteiger partial charge in [-0.05, 0) is 87.7 Å². The van der Waals surface area contributed by atoms with E-state index in [-0.39, 0.29) is 0 Å². The zero-order valence-corrected chi connectivity index (χ0v) is 20.2. The highest BCUT2D eigenvalue weighted by atomic mass is 19.2. The first-order valence-electron chi connectivity index (χ1n) is 13.0. The van der Waals surface area contributed by atoms with Crippen molar-refractivity contribution in [1.82, 2.24) is 0 Å². The SMILES string of the molecule is C/C=C/C1CCC(OCC2CC=C(c3ccc(CCCCCCC)c(F)c3F)CC2)CC1. The lowest BCUT2D eigenvalue weighted by Gasteiger charge is -2.29. The molecule has 3 heteroatoms. The predicted octanol–water partition coefficient (Wildman–Crippen LogP) is 8.81. The number of unbranched alkanes of at least 4 members (excludes halogenated alkanes) is 4. The number of benzene rings is 1. The smallest absolute Gasteiger partial charge is 0.166 e. The molecule has 0 N–H and O–H groups in total. The summed E-state index contributed by atoms with van der Waals surface area (Å²) in [6.45, 7) is 5.06. The molecule has 3 rings (SSSR count). The molecule has 2 aliphatic carbocycles. The average Bonchev–Trinajstić information content (AvgIpc) is 2.82. The zero-order valence-electron chi connectivity index (χ0n) is 20.2. The van der Waals surface area contributed by atoms with Gasteiger partial charge in [-0.25, -0.2) is 8.78 Å². The summed E-state index contributed by atoms with van der Waals surface area (Å²) in [5, 5.41) is 0. The third-order valence-corrected chi connectivity index (χ3v) is 7.33. The van der Waals surface area contributed by atoms with Gasteiger partial charge in [0.15, 0.2) is 11.6 Å². The van der Waals surface area contributed by atoms with Crippen molar-refractivity contribution >= 4 is 5.57 Å². The maximum absolute atomic E-state index is 14.8. The van der Waals surface area contributed by atoms with Gasteiger partial charge in [0.25, 0.3) is 0 Å². The van der Waals surface area contributed by atoms with Crippen LogP contribution in [0.3, 0.4) is 0 Å². The maximum Gasteiger partial charge on any atom is 0.166 e. The minimum absolute atomic E-state index is 0.392. The fraction of sp³-hybridized carbons (Fsp3) is 0.655. The Morgan fingerprint density at radius 2 is 1.75 bits per heavy atom. The molecule has 0 aliphatic heterocycles. The zero-order chi connectivity index (χ0) is 22.8. The molecule has 0 radical (unpaired) electrons. The summed E-state index contributed by atoms with van der Waals surface area (Å²) in [5.74, 6) is -0.0853. The molecule has 0 amide bonds. The molecule has 1 nitrogen and oxygen atoms in total. The highest BCUT2D eigenvalue weighted by Gasteiger charge is 2.23. The van der Waals surface area contributed by atoms with E-state index in [1.165, 1.54) is 32.1 Å². The van der Waals surface area contributed by atoms with Crippen LogP contribution in [0.25, 0.3) is 5.57 Å². The van der Waals surface area contributed by atoms with Crippen LogP contribution in [0.15, 0.2) is 30.4 Å². The first-order valence-corrected chi connectivity index (χ1v) is 13.0. The van der Waals surface area contributed by atoms with Crippen LogP contribution in [-0.4, -0.2) is 12.7 Å². The van der Waals surface area contributed by atoms with E-state index in [0.717, 1.165) is 63.0 Å². The Bertz CT molecular complexity index is 759. The van der Waals surface area contributed by atoms with E-state index in [2.05, 4.69) is 32.1 Å². The Hall–Kier alpha value is -1.48. The number of hydrogen-bond donors (Lipinski definition) is 0. The van der Waals surface area contributed by atoms with Crippen LogP contribution in [0.5, 0.6) is 0 Å². The van der Waals surface area contributed by atoms with Gasteiger partial charge in [0.1, 0.15) is 0 Å². The molecule has 0 aromatic heterocycles. The molecule has 1 fully saturated rings. The molecule has 0 heterocycles. The topological polar surface area (TPSA) is 9.23 Å². The van der Waals surface area contributed by atoms with Gasteiger partial charge in [0, 0.05) is 5.56 Å². The Balaban J connectivity index is 1.46. The number of rotatable bonds is 11. The van der Waals surface area contributed by atoms with E-state index in [0.29, 0.717) is 29.6 Å². The molecular weight excluding hydrogens is 402 g/mol. The van der Waals surface area contributed by atoms with Crippen molar-refractivity contribution < 1.29 is 13.5 Å². The first kappa shape index (κ1) is 25.1. The lowest BCUT2D eigenvalue weighted by Crippen LogP contribution is -2.24. The molecule has 0 bridgehead atoms. The highest BCUT2D eigenvalue weighted by molar-refractivity contribution is 5.67. The summed E-state index contributed by atoms with van der Waals surface area (Å²) in [6, 6.07) is 3.60. The van der Waals surface area contributed by atoms with Gasteiger partial charge in [-0.1, -0.05) is 63.0 Å². The van der Waals surface area contributed by atoms with Gasteiger partial charge in [0.2, 0.25) is 0 Å². The quantitative estimate of drug-likeness (QED) is 0.245. The molecule has 1 atom stereocenters. The second-order valence-corrected chi connectivity index (χ2v) is 9.83. The fourth-order valence-corrected chi connectivity index (χ4v) is 5.23. The minimum atomic E-state index is -0.658. The van der Waals surface area contributed by atoms with Crippen molar-refractivity contribution in [1.29, 1.82) is 0 Å². The molecule has 178 valence electrons. The van der Waals surface area contributed by atoms with Gasteiger partial charge < -0.3 is 4.74 Å². The van der Waals surface area contributed by atoms with Crippen molar-refractivity contribution in [2.75, 3.05) is 6.61 Å². The van der Waals surface area contributed by atoms with Gasteiger partial charge in [0.05, 0.1) is 12.7 Å². The van der Waals surface area contributed by atoms with Crippen LogP contribution in [0.2, 0.25) is 0 Å². The van der Waals surface area contributed by atoms with E-state index < -0.39 is 11.6 Å². The molecule has 1 unspecified atom stereocenters. The average molecular weight is 445 g/mol. The van der Waals surface area contributed by atoms with Gasteiger partial charge in [-0.3, -0.25) is 0 Å². The Morgan fingerprint density at radius 1 is 0.969 bits per heavy atom. The molecule has 0 spiro atoms. The van der Waals surface area contributed by atoms with Gasteiger partial charge in [-0.2, -0.15) is 0 Å². The maximum atomic E-state index is 14.8. The predicted molar refractivity (Wildman–Crippen MR) is 131 cm³/mol. The highest BCUT2D eigenvalue weighted by Crippen LogP contribution is 2.34. The second-order valence-electron chi connectivity index (χ2n) is 9.83. The molecule has 1 saturated carbocycles. The minimum Gasteiger partial charge on any atom is -0.378 e. The molecule has 2 aliphatic rings. The standard InChI is InChI=1S/C29H42F2O/c1-3-5-6-7-8-10-25-17-20-27(29(31)28(25)30)24-15-11-23(12-16-24)21-32-26-18-13-22(9-4-2)14-19-26/h4,9,15,17,20,22-23,26H,3,5-8,10-14,16,18-19,21H2,1-2H3/b9-4+. The Morgan fingerprint density at radius 3 is 2.44 bits per heavy atom. The van der Waals surface area contributed by atoms with Crippen LogP contribution in [0, 0.1) is 23.5 Å². The first-order chi connectivity index (χ1) is 15.6. The number of aryl methyl sites for hydroxylation is 1. The monoisotopic (exact) mass is 444 g/mol. The Labute approximate surface area is 194 Å². The number of allylic oxidation sites excluding steroid dienone is 4.